The molecule has 1 aliphatic rings. The first-order valence-corrected chi connectivity index (χ1v) is 7.54. The Kier molecular flexibility index (Phi) is 5.36. The number of carbonyl (C=O) groups excluding carboxylic acids is 1. The molecule has 3 atom stereocenters. The van der Waals surface area contributed by atoms with Gasteiger partial charge in [-0.05, 0) is 38.3 Å². The van der Waals surface area contributed by atoms with Crippen molar-refractivity contribution in [2.24, 2.45) is 5.92 Å². The van der Waals surface area contributed by atoms with E-state index in [1.54, 1.807) is 0 Å². The lowest BCUT2D eigenvalue weighted by molar-refractivity contribution is -0.141. The van der Waals surface area contributed by atoms with Crippen molar-refractivity contribution < 1.29 is 32.6 Å². The molecule has 8 heteroatoms. The Morgan fingerprint density at radius 3 is 2.54 bits per heavy atom. The Balaban J connectivity index is 1.97. The number of hydrogen-bond donors (Lipinski definition) is 2. The zero-order valence-electron chi connectivity index (χ0n) is 13.0. The fourth-order valence-electron chi connectivity index (χ4n) is 2.70. The molecule has 0 heterocycles. The van der Waals surface area contributed by atoms with Crippen LogP contribution in [0.25, 0.3) is 0 Å². The fourth-order valence-corrected chi connectivity index (χ4v) is 2.70. The van der Waals surface area contributed by atoms with Crippen LogP contribution < -0.4 is 10.1 Å². The highest BCUT2D eigenvalue weighted by Crippen LogP contribution is 2.36. The van der Waals surface area contributed by atoms with Crippen molar-refractivity contribution in [1.29, 1.82) is 0 Å². The highest BCUT2D eigenvalue weighted by molar-refractivity contribution is 5.81. The van der Waals surface area contributed by atoms with Crippen LogP contribution in [0.1, 0.15) is 31.7 Å². The molecule has 1 aromatic carbocycles. The summed E-state index contributed by atoms with van der Waals surface area (Å²) in [6.45, 7) is 1.35. The number of nitrogens with one attached hydrogen (secondary N) is 1. The highest BCUT2D eigenvalue weighted by Gasteiger charge is 2.35. The van der Waals surface area contributed by atoms with E-state index < -0.39 is 41.4 Å². The third-order valence-corrected chi connectivity index (χ3v) is 3.99. The molecule has 5 nitrogen and oxygen atoms in total. The summed E-state index contributed by atoms with van der Waals surface area (Å²) in [5, 5.41) is 11.6. The Hall–Kier alpha value is -2.25. The van der Waals surface area contributed by atoms with Crippen molar-refractivity contribution >= 4 is 11.9 Å². The molecule has 1 aliphatic carbocycles. The molecule has 2 N–H and O–H groups in total. The number of hydrogen-bond acceptors (Lipinski definition) is 3. The molecule has 0 aliphatic heterocycles. The Bertz CT molecular complexity index is 618. The molecule has 1 aromatic rings. The van der Waals surface area contributed by atoms with Crippen LogP contribution in [0.3, 0.4) is 0 Å². The van der Waals surface area contributed by atoms with Crippen molar-refractivity contribution in [1.82, 2.24) is 5.32 Å². The molecule has 0 radical (unpaired) electrons. The van der Waals surface area contributed by atoms with Crippen molar-refractivity contribution in [2.45, 2.75) is 44.5 Å². The summed E-state index contributed by atoms with van der Waals surface area (Å²) in [6, 6.07) is 4.37. The van der Waals surface area contributed by atoms with Crippen LogP contribution in [0, 0.1) is 5.92 Å². The van der Waals surface area contributed by atoms with E-state index in [4.69, 9.17) is 9.84 Å². The van der Waals surface area contributed by atoms with Crippen molar-refractivity contribution in [3.63, 3.8) is 0 Å². The van der Waals surface area contributed by atoms with Gasteiger partial charge in [-0.3, -0.25) is 9.59 Å². The third-order valence-electron chi connectivity index (χ3n) is 3.99. The lowest BCUT2D eigenvalue weighted by atomic mass is 10.1. The van der Waals surface area contributed by atoms with E-state index in [1.807, 2.05) is 0 Å². The first kappa shape index (κ1) is 18.1. The molecule has 1 fully saturated rings. The highest BCUT2D eigenvalue weighted by atomic mass is 19.4. The summed E-state index contributed by atoms with van der Waals surface area (Å²) >= 11 is 0. The molecule has 0 aromatic heterocycles. The van der Waals surface area contributed by atoms with Gasteiger partial charge in [0.05, 0.1) is 11.5 Å². The number of carbonyl (C=O) groups is 2. The second kappa shape index (κ2) is 7.11. The lowest BCUT2D eigenvalue weighted by Crippen LogP contribution is -2.41. The molecule has 2 rings (SSSR count). The number of ether oxygens (including phenoxy) is 1. The fraction of sp³-hybridized carbons (Fsp3) is 0.500. The van der Waals surface area contributed by atoms with E-state index in [9.17, 15) is 22.8 Å². The summed E-state index contributed by atoms with van der Waals surface area (Å²) in [7, 11) is 0. The largest absolute Gasteiger partial charge is 0.481 e. The van der Waals surface area contributed by atoms with Crippen LogP contribution in [-0.4, -0.2) is 29.1 Å². The van der Waals surface area contributed by atoms with Crippen molar-refractivity contribution in [3.8, 4) is 5.75 Å². The van der Waals surface area contributed by atoms with Gasteiger partial charge in [0.1, 0.15) is 5.75 Å². The zero-order chi connectivity index (χ0) is 17.9. The number of carboxylic acid groups (broad SMARTS) is 1. The van der Waals surface area contributed by atoms with Crippen LogP contribution in [0.15, 0.2) is 24.3 Å². The third kappa shape index (κ3) is 4.39. The second-order valence-corrected chi connectivity index (χ2v) is 5.81. The maximum Gasteiger partial charge on any atom is 0.419 e. The number of amides is 1. The normalized spacial score (nSPS) is 22.0. The van der Waals surface area contributed by atoms with Gasteiger partial charge in [-0.1, -0.05) is 12.1 Å². The van der Waals surface area contributed by atoms with Crippen LogP contribution in [-0.2, 0) is 15.8 Å². The van der Waals surface area contributed by atoms with Gasteiger partial charge >= 0.3 is 12.1 Å². The summed E-state index contributed by atoms with van der Waals surface area (Å²) in [4.78, 5) is 23.0. The SMILES string of the molecule is CC(Oc1ccccc1C(F)(F)F)C(=O)N[C@@H]1CC[C@H](C(=O)O)C1. The van der Waals surface area contributed by atoms with Crippen LogP contribution in [0.4, 0.5) is 13.2 Å². The van der Waals surface area contributed by atoms with Crippen LogP contribution in [0.5, 0.6) is 5.75 Å². The van der Waals surface area contributed by atoms with Gasteiger partial charge in [-0.2, -0.15) is 13.2 Å². The number of carboxylic acids is 1. The summed E-state index contributed by atoms with van der Waals surface area (Å²) < 4.78 is 43.9. The maximum absolute atomic E-state index is 12.9. The quantitative estimate of drug-likeness (QED) is 0.860. The molecule has 0 bridgehead atoms. The Morgan fingerprint density at radius 2 is 1.96 bits per heavy atom. The van der Waals surface area contributed by atoms with Gasteiger partial charge in [0, 0.05) is 6.04 Å². The summed E-state index contributed by atoms with van der Waals surface area (Å²) in [5.74, 6) is -2.39. The topological polar surface area (TPSA) is 75.6 Å². The van der Waals surface area contributed by atoms with Crippen molar-refractivity contribution in [3.05, 3.63) is 29.8 Å². The molecule has 24 heavy (non-hydrogen) atoms. The van der Waals surface area contributed by atoms with E-state index in [0.717, 1.165) is 12.1 Å². The second-order valence-electron chi connectivity index (χ2n) is 5.81. The minimum Gasteiger partial charge on any atom is -0.481 e. The average molecular weight is 345 g/mol. The first-order valence-electron chi connectivity index (χ1n) is 7.54. The first-order chi connectivity index (χ1) is 11.2. The molecule has 1 saturated carbocycles. The summed E-state index contributed by atoms with van der Waals surface area (Å²) in [5.41, 5.74) is -0.948. The number of aliphatic carboxylic acids is 1. The molecule has 132 valence electrons. The molecular weight excluding hydrogens is 327 g/mol. The molecule has 0 saturated heterocycles. The minimum absolute atomic E-state index is 0.303. The van der Waals surface area contributed by atoms with Gasteiger partial charge in [-0.25, -0.2) is 0 Å². The smallest absolute Gasteiger partial charge is 0.419 e. The Morgan fingerprint density at radius 1 is 1.29 bits per heavy atom. The van der Waals surface area contributed by atoms with E-state index in [2.05, 4.69) is 5.32 Å². The number of benzene rings is 1. The van der Waals surface area contributed by atoms with Crippen molar-refractivity contribution in [2.75, 3.05) is 0 Å². The number of alkyl halides is 3. The minimum atomic E-state index is -4.58. The predicted molar refractivity (Wildman–Crippen MR) is 78.4 cm³/mol. The lowest BCUT2D eigenvalue weighted by Gasteiger charge is -2.20. The number of rotatable bonds is 5. The van der Waals surface area contributed by atoms with Gasteiger partial charge in [0.15, 0.2) is 6.10 Å². The monoisotopic (exact) mass is 345 g/mol. The average Bonchev–Trinajstić information content (AvgIpc) is 2.95. The molecule has 0 spiro atoms. The summed E-state index contributed by atoms with van der Waals surface area (Å²) in [6.07, 6.45) is -4.40. The standard InChI is InChI=1S/C16H18F3NO4/c1-9(14(21)20-11-7-6-10(8-11)15(22)23)24-13-5-3-2-4-12(13)16(17,18)19/h2-5,9-11H,6-8H2,1H3,(H,20,21)(H,22,23)/t9?,10-,11+/m0/s1. The Labute approximate surface area is 136 Å². The van der Waals surface area contributed by atoms with Gasteiger partial charge < -0.3 is 15.2 Å². The van der Waals surface area contributed by atoms with Crippen LogP contribution >= 0.6 is 0 Å². The number of halogens is 3. The van der Waals surface area contributed by atoms with Gasteiger partial charge in [0.2, 0.25) is 0 Å². The van der Waals surface area contributed by atoms with E-state index in [0.29, 0.717) is 19.3 Å². The molecular formula is C16H18F3NO4. The van der Waals surface area contributed by atoms with E-state index >= 15 is 0 Å². The zero-order valence-corrected chi connectivity index (χ0v) is 13.0. The van der Waals surface area contributed by atoms with E-state index in [1.165, 1.54) is 19.1 Å². The number of para-hydroxylation sites is 1. The molecule has 1 unspecified atom stereocenters. The van der Waals surface area contributed by atoms with E-state index in [-0.39, 0.29) is 6.04 Å². The molecule has 1 amide bonds. The maximum atomic E-state index is 12.9. The van der Waals surface area contributed by atoms with Crippen LogP contribution in [0.2, 0.25) is 0 Å². The van der Waals surface area contributed by atoms with Gasteiger partial charge in [0.25, 0.3) is 5.91 Å². The predicted octanol–water partition coefficient (Wildman–Crippen LogP) is 2.84. The van der Waals surface area contributed by atoms with Gasteiger partial charge in [-0.15, -0.1) is 0 Å².